The smallest absolute Gasteiger partial charge is 0.377 e. The van der Waals surface area contributed by atoms with Crippen LogP contribution in [0, 0.1) is 6.92 Å². The number of carbonyl (C=O) groups is 2. The number of Topliss-reactive ketones (excluding diaryl/α,β-unsaturated/α-hetero) is 1. The molecule has 1 aromatic carbocycles. The second-order valence-electron chi connectivity index (χ2n) is 3.47. The van der Waals surface area contributed by atoms with Crippen molar-refractivity contribution in [3.8, 4) is 0 Å². The fourth-order valence-electron chi connectivity index (χ4n) is 1.59. The van der Waals surface area contributed by atoms with Gasteiger partial charge in [-0.15, -0.1) is 0 Å². The van der Waals surface area contributed by atoms with E-state index in [9.17, 15) is 9.59 Å². The topological polar surface area (TPSA) is 67.3 Å². The molecule has 0 atom stereocenters. The third-order valence-electron chi connectivity index (χ3n) is 2.42. The first-order valence-electron chi connectivity index (χ1n) is 4.72. The highest BCUT2D eigenvalue weighted by Gasteiger charge is 2.14. The Balaban J connectivity index is 2.61. The van der Waals surface area contributed by atoms with Crippen LogP contribution in [0.1, 0.15) is 16.1 Å². The van der Waals surface area contributed by atoms with Crippen molar-refractivity contribution in [2.75, 3.05) is 0 Å². The van der Waals surface area contributed by atoms with Gasteiger partial charge in [-0.3, -0.25) is 9.78 Å². The van der Waals surface area contributed by atoms with Gasteiger partial charge in [0, 0.05) is 22.8 Å². The first-order chi connectivity index (χ1) is 7.59. The lowest BCUT2D eigenvalue weighted by Crippen LogP contribution is -2.12. The standard InChI is InChI=1S/C12H9NO3/c1-7-10-3-2-9(11(14)12(15)16)6-8(10)4-5-13-7/h2-6H,1H3,(H,15,16). The Labute approximate surface area is 91.5 Å². The molecule has 0 unspecified atom stereocenters. The molecule has 4 nitrogen and oxygen atoms in total. The van der Waals surface area contributed by atoms with E-state index < -0.39 is 11.8 Å². The Hall–Kier alpha value is -2.23. The summed E-state index contributed by atoms with van der Waals surface area (Å²) in [7, 11) is 0. The van der Waals surface area contributed by atoms with Crippen LogP contribution in [0.25, 0.3) is 10.8 Å². The predicted octanol–water partition coefficient (Wildman–Crippen LogP) is 1.81. The van der Waals surface area contributed by atoms with Gasteiger partial charge < -0.3 is 5.11 Å². The van der Waals surface area contributed by atoms with E-state index in [2.05, 4.69) is 4.98 Å². The van der Waals surface area contributed by atoms with Crippen LogP contribution >= 0.6 is 0 Å². The van der Waals surface area contributed by atoms with Gasteiger partial charge >= 0.3 is 5.97 Å². The van der Waals surface area contributed by atoms with Gasteiger partial charge in [0.05, 0.1) is 0 Å². The highest BCUT2D eigenvalue weighted by Crippen LogP contribution is 2.18. The average molecular weight is 215 g/mol. The number of benzene rings is 1. The van der Waals surface area contributed by atoms with E-state index in [-0.39, 0.29) is 5.56 Å². The molecule has 0 saturated carbocycles. The highest BCUT2D eigenvalue weighted by molar-refractivity contribution is 6.40. The fraction of sp³-hybridized carbons (Fsp3) is 0.0833. The van der Waals surface area contributed by atoms with Gasteiger partial charge in [-0.05, 0) is 24.4 Å². The molecular formula is C12H9NO3. The number of nitrogens with zero attached hydrogens (tertiary/aromatic N) is 1. The molecular weight excluding hydrogens is 206 g/mol. The summed E-state index contributed by atoms with van der Waals surface area (Å²) in [5.41, 5.74) is 1.04. The molecule has 0 radical (unpaired) electrons. The van der Waals surface area contributed by atoms with Crippen LogP contribution in [0.2, 0.25) is 0 Å². The van der Waals surface area contributed by atoms with Crippen molar-refractivity contribution in [3.63, 3.8) is 0 Å². The molecule has 4 heteroatoms. The molecule has 0 aliphatic rings. The van der Waals surface area contributed by atoms with Crippen LogP contribution in [0.15, 0.2) is 30.5 Å². The maximum atomic E-state index is 11.3. The predicted molar refractivity (Wildman–Crippen MR) is 58.4 cm³/mol. The van der Waals surface area contributed by atoms with Crippen molar-refractivity contribution in [3.05, 3.63) is 41.7 Å². The number of aryl methyl sites for hydroxylation is 1. The minimum Gasteiger partial charge on any atom is -0.475 e. The van der Waals surface area contributed by atoms with Crippen LogP contribution in [0.5, 0.6) is 0 Å². The van der Waals surface area contributed by atoms with Gasteiger partial charge in [0.2, 0.25) is 0 Å². The first-order valence-corrected chi connectivity index (χ1v) is 4.72. The van der Waals surface area contributed by atoms with Crippen molar-refractivity contribution >= 4 is 22.5 Å². The Kier molecular flexibility index (Phi) is 2.40. The van der Waals surface area contributed by atoms with Gasteiger partial charge in [-0.1, -0.05) is 12.1 Å². The van der Waals surface area contributed by atoms with Crippen molar-refractivity contribution in [1.29, 1.82) is 0 Å². The summed E-state index contributed by atoms with van der Waals surface area (Å²) in [5.74, 6) is -2.33. The zero-order valence-corrected chi connectivity index (χ0v) is 8.60. The van der Waals surface area contributed by atoms with E-state index in [1.165, 1.54) is 6.07 Å². The van der Waals surface area contributed by atoms with Crippen molar-refractivity contribution in [1.82, 2.24) is 4.98 Å². The number of hydrogen-bond donors (Lipinski definition) is 1. The third-order valence-corrected chi connectivity index (χ3v) is 2.42. The summed E-state index contributed by atoms with van der Waals surface area (Å²) in [6, 6.07) is 6.54. The molecule has 16 heavy (non-hydrogen) atoms. The summed E-state index contributed by atoms with van der Waals surface area (Å²) >= 11 is 0. The lowest BCUT2D eigenvalue weighted by molar-refractivity contribution is -0.131. The van der Waals surface area contributed by atoms with Crippen molar-refractivity contribution < 1.29 is 14.7 Å². The molecule has 0 aliphatic heterocycles. The normalized spacial score (nSPS) is 10.3. The number of rotatable bonds is 2. The molecule has 0 saturated heterocycles. The van der Waals surface area contributed by atoms with E-state index in [0.717, 1.165) is 16.5 Å². The van der Waals surface area contributed by atoms with E-state index in [1.54, 1.807) is 24.4 Å². The number of carboxylic acid groups (broad SMARTS) is 1. The highest BCUT2D eigenvalue weighted by atomic mass is 16.4. The third kappa shape index (κ3) is 1.65. The van der Waals surface area contributed by atoms with Crippen LogP contribution in [0.3, 0.4) is 0 Å². The Morgan fingerprint density at radius 3 is 2.69 bits per heavy atom. The van der Waals surface area contributed by atoms with E-state index in [4.69, 9.17) is 5.11 Å². The van der Waals surface area contributed by atoms with Crippen LogP contribution in [-0.2, 0) is 4.79 Å². The SMILES string of the molecule is Cc1nccc2cc(C(=O)C(=O)O)ccc12. The van der Waals surface area contributed by atoms with Crippen LogP contribution < -0.4 is 0 Å². The average Bonchev–Trinajstić information content (AvgIpc) is 2.28. The summed E-state index contributed by atoms with van der Waals surface area (Å²) in [5, 5.41) is 10.3. The molecule has 1 heterocycles. The summed E-state index contributed by atoms with van der Waals surface area (Å²) < 4.78 is 0. The second-order valence-corrected chi connectivity index (χ2v) is 3.47. The second kappa shape index (κ2) is 3.73. The van der Waals surface area contributed by atoms with Gasteiger partial charge in [-0.25, -0.2) is 4.79 Å². The van der Waals surface area contributed by atoms with Crippen molar-refractivity contribution in [2.24, 2.45) is 0 Å². The summed E-state index contributed by atoms with van der Waals surface area (Å²) in [4.78, 5) is 25.9. The maximum absolute atomic E-state index is 11.3. The van der Waals surface area contributed by atoms with Gasteiger partial charge in [0.1, 0.15) is 0 Å². The molecule has 0 fully saturated rings. The minimum absolute atomic E-state index is 0.186. The molecule has 0 amide bonds. The number of fused-ring (bicyclic) bond motifs is 1. The van der Waals surface area contributed by atoms with Gasteiger partial charge in [-0.2, -0.15) is 0 Å². The zero-order valence-electron chi connectivity index (χ0n) is 8.60. The van der Waals surface area contributed by atoms with E-state index in [0.29, 0.717) is 0 Å². The molecule has 1 aromatic heterocycles. The minimum atomic E-state index is -1.44. The Morgan fingerprint density at radius 1 is 1.25 bits per heavy atom. The number of aliphatic carboxylic acids is 1. The molecule has 2 aromatic rings. The van der Waals surface area contributed by atoms with E-state index in [1.807, 2.05) is 6.92 Å². The monoisotopic (exact) mass is 215 g/mol. The Bertz CT molecular complexity index is 590. The van der Waals surface area contributed by atoms with Crippen LogP contribution in [-0.4, -0.2) is 21.8 Å². The number of pyridine rings is 1. The molecule has 2 rings (SSSR count). The number of hydrogen-bond acceptors (Lipinski definition) is 3. The largest absolute Gasteiger partial charge is 0.475 e. The van der Waals surface area contributed by atoms with E-state index >= 15 is 0 Å². The number of carbonyl (C=O) groups excluding carboxylic acids is 1. The van der Waals surface area contributed by atoms with Gasteiger partial charge in [0.25, 0.3) is 5.78 Å². The first kappa shape index (κ1) is 10.3. The zero-order chi connectivity index (χ0) is 11.7. The number of aromatic nitrogens is 1. The lowest BCUT2D eigenvalue weighted by Gasteiger charge is -2.02. The Morgan fingerprint density at radius 2 is 2.00 bits per heavy atom. The van der Waals surface area contributed by atoms with Gasteiger partial charge in [0.15, 0.2) is 0 Å². The summed E-state index contributed by atoms with van der Waals surface area (Å²) in [6.45, 7) is 1.86. The quantitative estimate of drug-likeness (QED) is 0.612. The number of carboxylic acids is 1. The lowest BCUT2D eigenvalue weighted by atomic mass is 10.0. The molecule has 0 bridgehead atoms. The molecule has 0 spiro atoms. The number of ketones is 1. The molecule has 80 valence electrons. The molecule has 0 aliphatic carbocycles. The maximum Gasteiger partial charge on any atom is 0.377 e. The fourth-order valence-corrected chi connectivity index (χ4v) is 1.59. The summed E-state index contributed by atoms with van der Waals surface area (Å²) in [6.07, 6.45) is 1.63. The van der Waals surface area contributed by atoms with Crippen molar-refractivity contribution in [2.45, 2.75) is 6.92 Å². The van der Waals surface area contributed by atoms with Crippen LogP contribution in [0.4, 0.5) is 0 Å². The molecule has 1 N–H and O–H groups in total.